The Balaban J connectivity index is 2.04. The minimum absolute atomic E-state index is 0.0630. The van der Waals surface area contributed by atoms with Crippen LogP contribution in [0.2, 0.25) is 0 Å². The highest BCUT2D eigenvalue weighted by Gasteiger charge is 2.12. The van der Waals surface area contributed by atoms with E-state index in [4.69, 9.17) is 5.73 Å². The second kappa shape index (κ2) is 8.67. The van der Waals surface area contributed by atoms with E-state index in [1.54, 1.807) is 17.0 Å². The van der Waals surface area contributed by atoms with Gasteiger partial charge in [-0.3, -0.25) is 9.59 Å². The topological polar surface area (TPSA) is 81.2 Å². The van der Waals surface area contributed by atoms with Crippen LogP contribution < -0.4 is 5.73 Å². The number of nitrogens with zero attached hydrogens (tertiary/aromatic N) is 3. The second-order valence-electron chi connectivity index (χ2n) is 5.47. The zero-order valence-corrected chi connectivity index (χ0v) is 13.8. The van der Waals surface area contributed by atoms with Gasteiger partial charge in [-0.15, -0.1) is 0 Å². The van der Waals surface area contributed by atoms with E-state index < -0.39 is 5.91 Å². The number of para-hydroxylation sites is 1. The molecule has 0 fully saturated rings. The first-order valence-corrected chi connectivity index (χ1v) is 7.95. The van der Waals surface area contributed by atoms with Gasteiger partial charge in [-0.05, 0) is 24.6 Å². The summed E-state index contributed by atoms with van der Waals surface area (Å²) < 4.78 is 1.74. The van der Waals surface area contributed by atoms with Crippen molar-refractivity contribution in [2.75, 3.05) is 13.1 Å². The number of aromatic nitrogens is 2. The van der Waals surface area contributed by atoms with E-state index >= 15 is 0 Å². The third-order valence-corrected chi connectivity index (χ3v) is 3.48. The molecule has 1 aromatic carbocycles. The number of carbonyl (C=O) groups excluding carboxylic acids is 2. The quantitative estimate of drug-likeness (QED) is 0.753. The van der Waals surface area contributed by atoms with Gasteiger partial charge in [0, 0.05) is 24.4 Å². The number of nitrogens with two attached hydrogens (primary N) is 1. The van der Waals surface area contributed by atoms with Gasteiger partial charge in [-0.25, -0.2) is 4.68 Å². The average molecular weight is 326 g/mol. The third kappa shape index (κ3) is 5.08. The van der Waals surface area contributed by atoms with E-state index in [-0.39, 0.29) is 12.5 Å². The summed E-state index contributed by atoms with van der Waals surface area (Å²) in [7, 11) is 0. The molecule has 2 amide bonds. The Hall–Kier alpha value is -2.89. The van der Waals surface area contributed by atoms with Crippen molar-refractivity contribution in [2.45, 2.75) is 19.8 Å². The summed E-state index contributed by atoms with van der Waals surface area (Å²) >= 11 is 0. The minimum Gasteiger partial charge on any atom is -0.368 e. The summed E-state index contributed by atoms with van der Waals surface area (Å²) in [4.78, 5) is 24.8. The molecule has 0 bridgehead atoms. The van der Waals surface area contributed by atoms with Crippen molar-refractivity contribution in [3.05, 3.63) is 54.4 Å². The number of rotatable bonds is 8. The molecular weight excluding hydrogens is 304 g/mol. The summed E-state index contributed by atoms with van der Waals surface area (Å²) in [5, 5.41) is 4.27. The van der Waals surface area contributed by atoms with E-state index in [0.29, 0.717) is 6.54 Å². The lowest BCUT2D eigenvalue weighted by atomic mass is 10.2. The molecule has 126 valence electrons. The van der Waals surface area contributed by atoms with Crippen LogP contribution in [0, 0.1) is 0 Å². The second-order valence-corrected chi connectivity index (χ2v) is 5.47. The predicted octanol–water partition coefficient (Wildman–Crippen LogP) is 2.00. The Kier molecular flexibility index (Phi) is 6.31. The summed E-state index contributed by atoms with van der Waals surface area (Å²) in [6.45, 7) is 2.49. The van der Waals surface area contributed by atoms with Gasteiger partial charge in [-0.2, -0.15) is 5.10 Å². The van der Waals surface area contributed by atoms with Crippen molar-refractivity contribution >= 4 is 17.9 Å². The molecule has 2 N–H and O–H groups in total. The number of benzene rings is 1. The normalized spacial score (nSPS) is 10.9. The van der Waals surface area contributed by atoms with Crippen LogP contribution in [0.1, 0.15) is 25.3 Å². The molecule has 0 aliphatic heterocycles. The van der Waals surface area contributed by atoms with E-state index in [0.717, 1.165) is 24.1 Å². The summed E-state index contributed by atoms with van der Waals surface area (Å²) in [5.74, 6) is -0.737. The monoisotopic (exact) mass is 326 g/mol. The van der Waals surface area contributed by atoms with Crippen LogP contribution in [-0.2, 0) is 9.59 Å². The van der Waals surface area contributed by atoms with Crippen LogP contribution in [0.3, 0.4) is 0 Å². The number of hydrogen-bond donors (Lipinski definition) is 1. The zero-order valence-electron chi connectivity index (χ0n) is 13.8. The van der Waals surface area contributed by atoms with Crippen molar-refractivity contribution in [2.24, 2.45) is 5.73 Å². The fourth-order valence-electron chi connectivity index (χ4n) is 2.22. The Morgan fingerprint density at radius 3 is 2.71 bits per heavy atom. The fraction of sp³-hybridized carbons (Fsp3) is 0.278. The summed E-state index contributed by atoms with van der Waals surface area (Å²) in [6, 6.07) is 9.71. The molecule has 24 heavy (non-hydrogen) atoms. The van der Waals surface area contributed by atoms with E-state index in [2.05, 4.69) is 5.10 Å². The van der Waals surface area contributed by atoms with Gasteiger partial charge in [0.1, 0.15) is 0 Å². The van der Waals surface area contributed by atoms with Gasteiger partial charge < -0.3 is 10.6 Å². The predicted molar refractivity (Wildman–Crippen MR) is 93.3 cm³/mol. The summed E-state index contributed by atoms with van der Waals surface area (Å²) in [5.41, 5.74) is 6.96. The van der Waals surface area contributed by atoms with Crippen LogP contribution in [0.25, 0.3) is 11.8 Å². The molecule has 0 spiro atoms. The molecule has 0 aliphatic rings. The number of unbranched alkanes of at least 4 members (excludes halogenated alkanes) is 1. The molecule has 6 heteroatoms. The molecule has 0 atom stereocenters. The lowest BCUT2D eigenvalue weighted by Gasteiger charge is -2.18. The zero-order chi connectivity index (χ0) is 17.4. The molecule has 1 aromatic heterocycles. The maximum absolute atomic E-state index is 12.2. The number of primary amides is 1. The van der Waals surface area contributed by atoms with E-state index in [1.165, 1.54) is 11.0 Å². The van der Waals surface area contributed by atoms with Gasteiger partial charge >= 0.3 is 0 Å². The van der Waals surface area contributed by atoms with Crippen molar-refractivity contribution < 1.29 is 9.59 Å². The first-order chi connectivity index (χ1) is 11.6. The molecular formula is C18H22N4O2. The standard InChI is InChI=1S/C18H22N4O2/c1-2-3-11-21(14-17(19)23)18(24)10-9-15-12-20-22(13-15)16-7-5-4-6-8-16/h4-10,12-13H,2-3,11,14H2,1H3,(H2,19,23). The summed E-state index contributed by atoms with van der Waals surface area (Å²) in [6.07, 6.45) is 8.43. The molecule has 0 saturated heterocycles. The highest BCUT2D eigenvalue weighted by molar-refractivity contribution is 5.94. The smallest absolute Gasteiger partial charge is 0.247 e. The Morgan fingerprint density at radius 2 is 2.04 bits per heavy atom. The minimum atomic E-state index is -0.509. The maximum Gasteiger partial charge on any atom is 0.247 e. The van der Waals surface area contributed by atoms with Crippen molar-refractivity contribution in [1.29, 1.82) is 0 Å². The van der Waals surface area contributed by atoms with E-state index in [1.807, 2.05) is 43.5 Å². The highest BCUT2D eigenvalue weighted by Crippen LogP contribution is 2.09. The first kappa shape index (κ1) is 17.5. The Bertz CT molecular complexity index is 707. The van der Waals surface area contributed by atoms with Gasteiger partial charge in [0.15, 0.2) is 0 Å². The molecule has 2 rings (SSSR count). The average Bonchev–Trinajstić information content (AvgIpc) is 3.06. The molecule has 0 radical (unpaired) electrons. The van der Waals surface area contributed by atoms with E-state index in [9.17, 15) is 9.59 Å². The van der Waals surface area contributed by atoms with Crippen LogP contribution in [-0.4, -0.2) is 39.6 Å². The molecule has 0 unspecified atom stereocenters. The van der Waals surface area contributed by atoms with Crippen LogP contribution >= 0.6 is 0 Å². The van der Waals surface area contributed by atoms with Crippen LogP contribution in [0.5, 0.6) is 0 Å². The molecule has 0 saturated carbocycles. The number of amides is 2. The molecule has 2 aromatic rings. The number of hydrogen-bond acceptors (Lipinski definition) is 3. The number of carbonyl (C=O) groups is 2. The van der Waals surface area contributed by atoms with Gasteiger partial charge in [0.25, 0.3) is 0 Å². The van der Waals surface area contributed by atoms with Crippen LogP contribution in [0.4, 0.5) is 0 Å². The Labute approximate surface area is 141 Å². The van der Waals surface area contributed by atoms with Gasteiger partial charge in [0.05, 0.1) is 18.4 Å². The molecule has 0 aliphatic carbocycles. The van der Waals surface area contributed by atoms with Gasteiger partial charge in [-0.1, -0.05) is 31.5 Å². The fourth-order valence-corrected chi connectivity index (χ4v) is 2.22. The molecule has 1 heterocycles. The largest absolute Gasteiger partial charge is 0.368 e. The maximum atomic E-state index is 12.2. The van der Waals surface area contributed by atoms with Crippen molar-refractivity contribution in [3.8, 4) is 5.69 Å². The van der Waals surface area contributed by atoms with Crippen molar-refractivity contribution in [3.63, 3.8) is 0 Å². The Morgan fingerprint density at radius 1 is 1.29 bits per heavy atom. The third-order valence-electron chi connectivity index (χ3n) is 3.48. The van der Waals surface area contributed by atoms with Crippen molar-refractivity contribution in [1.82, 2.24) is 14.7 Å². The lowest BCUT2D eigenvalue weighted by Crippen LogP contribution is -2.38. The highest BCUT2D eigenvalue weighted by atomic mass is 16.2. The SMILES string of the molecule is CCCCN(CC(N)=O)C(=O)C=Cc1cnn(-c2ccccc2)c1. The van der Waals surface area contributed by atoms with Gasteiger partial charge in [0.2, 0.25) is 11.8 Å². The molecule has 6 nitrogen and oxygen atoms in total. The lowest BCUT2D eigenvalue weighted by molar-refractivity contribution is -0.131. The van der Waals surface area contributed by atoms with Crippen LogP contribution in [0.15, 0.2) is 48.8 Å². The first-order valence-electron chi connectivity index (χ1n) is 7.95.